The first-order chi connectivity index (χ1) is 9.49. The van der Waals surface area contributed by atoms with Crippen LogP contribution in [0.1, 0.15) is 21.6 Å². The highest BCUT2D eigenvalue weighted by Crippen LogP contribution is 2.16. The summed E-state index contributed by atoms with van der Waals surface area (Å²) < 4.78 is 0. The SMILES string of the molecule is Cc1ccc(C(=O)N(C)c2ccc(C(N)=S)cc2)cn1. The molecule has 5 heteroatoms. The van der Waals surface area contributed by atoms with Crippen molar-refractivity contribution in [3.63, 3.8) is 0 Å². The van der Waals surface area contributed by atoms with Crippen molar-refractivity contribution in [1.29, 1.82) is 0 Å². The molecule has 2 N–H and O–H groups in total. The second-order valence-electron chi connectivity index (χ2n) is 4.46. The molecule has 0 fully saturated rings. The van der Waals surface area contributed by atoms with Gasteiger partial charge in [-0.3, -0.25) is 9.78 Å². The topological polar surface area (TPSA) is 59.2 Å². The Bertz CT molecular complexity index is 635. The summed E-state index contributed by atoms with van der Waals surface area (Å²) in [6.45, 7) is 1.88. The summed E-state index contributed by atoms with van der Waals surface area (Å²) >= 11 is 4.90. The second kappa shape index (κ2) is 5.79. The third-order valence-electron chi connectivity index (χ3n) is 3.00. The van der Waals surface area contributed by atoms with Gasteiger partial charge in [0.2, 0.25) is 0 Å². The van der Waals surface area contributed by atoms with Gasteiger partial charge in [0.05, 0.1) is 5.56 Å². The summed E-state index contributed by atoms with van der Waals surface area (Å²) in [6, 6.07) is 10.8. The molecule has 0 saturated heterocycles. The first-order valence-electron chi connectivity index (χ1n) is 6.09. The van der Waals surface area contributed by atoms with Crippen LogP contribution in [0, 0.1) is 6.92 Å². The molecule has 0 spiro atoms. The Kier molecular flexibility index (Phi) is 4.10. The fraction of sp³-hybridized carbons (Fsp3) is 0.133. The molecule has 2 rings (SSSR count). The van der Waals surface area contributed by atoms with E-state index >= 15 is 0 Å². The van der Waals surface area contributed by atoms with Crippen molar-refractivity contribution < 1.29 is 4.79 Å². The quantitative estimate of drug-likeness (QED) is 0.879. The van der Waals surface area contributed by atoms with Gasteiger partial charge in [-0.25, -0.2) is 0 Å². The molecular formula is C15H15N3OS. The molecule has 1 heterocycles. The minimum Gasteiger partial charge on any atom is -0.389 e. The molecule has 0 aliphatic carbocycles. The van der Waals surface area contributed by atoms with E-state index in [2.05, 4.69) is 4.98 Å². The smallest absolute Gasteiger partial charge is 0.259 e. The molecule has 20 heavy (non-hydrogen) atoms. The maximum atomic E-state index is 12.3. The summed E-state index contributed by atoms with van der Waals surface area (Å²) in [5, 5.41) is 0. The summed E-state index contributed by atoms with van der Waals surface area (Å²) in [4.78, 5) is 18.3. The standard InChI is InChI=1S/C15H15N3OS/c1-10-3-4-12(9-17-10)15(19)18(2)13-7-5-11(6-8-13)14(16)20/h3-9H,1-2H3,(H2,16,20). The van der Waals surface area contributed by atoms with Crippen molar-refractivity contribution >= 4 is 28.8 Å². The van der Waals surface area contributed by atoms with E-state index < -0.39 is 0 Å². The molecule has 1 aromatic heterocycles. The average molecular weight is 285 g/mol. The minimum atomic E-state index is -0.111. The third-order valence-corrected chi connectivity index (χ3v) is 3.24. The molecule has 0 radical (unpaired) electrons. The van der Waals surface area contributed by atoms with Gasteiger partial charge in [-0.2, -0.15) is 0 Å². The van der Waals surface area contributed by atoms with Crippen LogP contribution in [0.2, 0.25) is 0 Å². The van der Waals surface area contributed by atoms with Crippen LogP contribution in [0.15, 0.2) is 42.6 Å². The van der Waals surface area contributed by atoms with Gasteiger partial charge in [-0.05, 0) is 43.3 Å². The number of benzene rings is 1. The molecule has 102 valence electrons. The van der Waals surface area contributed by atoms with E-state index in [1.807, 2.05) is 25.1 Å². The molecule has 4 nitrogen and oxygen atoms in total. The van der Waals surface area contributed by atoms with E-state index in [0.29, 0.717) is 10.6 Å². The Morgan fingerprint density at radius 1 is 1.15 bits per heavy atom. The number of aryl methyl sites for hydroxylation is 1. The van der Waals surface area contributed by atoms with Crippen molar-refractivity contribution in [2.75, 3.05) is 11.9 Å². The molecule has 1 aromatic carbocycles. The maximum Gasteiger partial charge on any atom is 0.259 e. The van der Waals surface area contributed by atoms with Gasteiger partial charge >= 0.3 is 0 Å². The number of hydrogen-bond donors (Lipinski definition) is 1. The number of carbonyl (C=O) groups excluding carboxylic acids is 1. The second-order valence-corrected chi connectivity index (χ2v) is 4.90. The van der Waals surface area contributed by atoms with E-state index in [-0.39, 0.29) is 5.91 Å². The number of nitrogens with two attached hydrogens (primary N) is 1. The normalized spacial score (nSPS) is 10.1. The lowest BCUT2D eigenvalue weighted by molar-refractivity contribution is 0.0992. The summed E-state index contributed by atoms with van der Waals surface area (Å²) in [6.07, 6.45) is 1.58. The van der Waals surface area contributed by atoms with Crippen LogP contribution in [0.5, 0.6) is 0 Å². The van der Waals surface area contributed by atoms with Crippen LogP contribution < -0.4 is 10.6 Å². The summed E-state index contributed by atoms with van der Waals surface area (Å²) in [5.74, 6) is -0.111. The molecule has 1 amide bonds. The van der Waals surface area contributed by atoms with E-state index in [0.717, 1.165) is 16.9 Å². The number of thiocarbonyl (C=S) groups is 1. The zero-order chi connectivity index (χ0) is 14.7. The predicted molar refractivity (Wildman–Crippen MR) is 84.0 cm³/mol. The van der Waals surface area contributed by atoms with Crippen LogP contribution in [0.25, 0.3) is 0 Å². The highest BCUT2D eigenvalue weighted by molar-refractivity contribution is 7.80. The Hall–Kier alpha value is -2.27. The average Bonchev–Trinajstić information content (AvgIpc) is 2.46. The van der Waals surface area contributed by atoms with Gasteiger partial charge in [0.1, 0.15) is 4.99 Å². The van der Waals surface area contributed by atoms with Crippen LogP contribution in [0.3, 0.4) is 0 Å². The number of hydrogen-bond acceptors (Lipinski definition) is 3. The van der Waals surface area contributed by atoms with Crippen LogP contribution >= 0.6 is 12.2 Å². The third kappa shape index (κ3) is 3.00. The van der Waals surface area contributed by atoms with Crippen molar-refractivity contribution in [3.05, 3.63) is 59.4 Å². The Morgan fingerprint density at radius 3 is 2.25 bits per heavy atom. The zero-order valence-electron chi connectivity index (χ0n) is 11.3. The highest BCUT2D eigenvalue weighted by Gasteiger charge is 2.13. The van der Waals surface area contributed by atoms with Crippen molar-refractivity contribution in [2.24, 2.45) is 5.73 Å². The summed E-state index contributed by atoms with van der Waals surface area (Å²) in [7, 11) is 1.72. The minimum absolute atomic E-state index is 0.111. The Labute approximate surface area is 123 Å². The fourth-order valence-corrected chi connectivity index (χ4v) is 1.89. The molecule has 0 aliphatic rings. The van der Waals surface area contributed by atoms with Gasteiger partial charge < -0.3 is 10.6 Å². The lowest BCUT2D eigenvalue weighted by Crippen LogP contribution is -2.26. The van der Waals surface area contributed by atoms with E-state index in [4.69, 9.17) is 18.0 Å². The van der Waals surface area contributed by atoms with Gasteiger partial charge in [-0.15, -0.1) is 0 Å². The van der Waals surface area contributed by atoms with Crippen LogP contribution in [-0.4, -0.2) is 22.9 Å². The fourth-order valence-electron chi connectivity index (χ4n) is 1.75. The first kappa shape index (κ1) is 14.1. The number of carbonyl (C=O) groups is 1. The molecule has 0 atom stereocenters. The molecule has 0 bridgehead atoms. The number of nitrogens with zero attached hydrogens (tertiary/aromatic N) is 2. The predicted octanol–water partition coefficient (Wildman–Crippen LogP) is 2.30. The number of anilines is 1. The lowest BCUT2D eigenvalue weighted by atomic mass is 10.1. The van der Waals surface area contributed by atoms with E-state index in [1.165, 1.54) is 0 Å². The molecule has 0 saturated carbocycles. The van der Waals surface area contributed by atoms with Gasteiger partial charge in [0.25, 0.3) is 5.91 Å². The van der Waals surface area contributed by atoms with Crippen molar-refractivity contribution in [2.45, 2.75) is 6.92 Å². The highest BCUT2D eigenvalue weighted by atomic mass is 32.1. The first-order valence-corrected chi connectivity index (χ1v) is 6.50. The summed E-state index contributed by atoms with van der Waals surface area (Å²) in [5.41, 5.74) is 8.53. The zero-order valence-corrected chi connectivity index (χ0v) is 12.1. The van der Waals surface area contributed by atoms with Crippen LogP contribution in [0.4, 0.5) is 5.69 Å². The van der Waals surface area contributed by atoms with Gasteiger partial charge in [0.15, 0.2) is 0 Å². The van der Waals surface area contributed by atoms with E-state index in [9.17, 15) is 4.79 Å². The number of rotatable bonds is 3. The molecular weight excluding hydrogens is 270 g/mol. The lowest BCUT2D eigenvalue weighted by Gasteiger charge is -2.17. The Morgan fingerprint density at radius 2 is 1.75 bits per heavy atom. The monoisotopic (exact) mass is 285 g/mol. The molecule has 2 aromatic rings. The molecule has 0 aliphatic heterocycles. The number of pyridine rings is 1. The van der Waals surface area contributed by atoms with Crippen LogP contribution in [-0.2, 0) is 0 Å². The van der Waals surface area contributed by atoms with Gasteiger partial charge in [0, 0.05) is 30.2 Å². The van der Waals surface area contributed by atoms with Crippen molar-refractivity contribution in [3.8, 4) is 0 Å². The largest absolute Gasteiger partial charge is 0.389 e. The van der Waals surface area contributed by atoms with Gasteiger partial charge in [-0.1, -0.05) is 12.2 Å². The maximum absolute atomic E-state index is 12.3. The number of amides is 1. The Balaban J connectivity index is 2.22. The molecule has 0 unspecified atom stereocenters. The number of aromatic nitrogens is 1. The van der Waals surface area contributed by atoms with E-state index in [1.54, 1.807) is 36.3 Å². The van der Waals surface area contributed by atoms with Crippen molar-refractivity contribution in [1.82, 2.24) is 4.98 Å².